The summed E-state index contributed by atoms with van der Waals surface area (Å²) < 4.78 is 10.5. The van der Waals surface area contributed by atoms with Crippen molar-refractivity contribution >= 4 is 5.91 Å². The van der Waals surface area contributed by atoms with E-state index in [1.165, 1.54) is 0 Å². The molecule has 5 nitrogen and oxygen atoms in total. The van der Waals surface area contributed by atoms with Gasteiger partial charge in [0.05, 0.1) is 6.04 Å². The molecule has 1 aliphatic rings. The van der Waals surface area contributed by atoms with Gasteiger partial charge < -0.3 is 20.5 Å². The molecule has 0 spiro atoms. The van der Waals surface area contributed by atoms with Crippen molar-refractivity contribution in [2.24, 2.45) is 11.7 Å². The van der Waals surface area contributed by atoms with Crippen molar-refractivity contribution in [2.45, 2.75) is 32.9 Å². The van der Waals surface area contributed by atoms with Crippen molar-refractivity contribution < 1.29 is 14.3 Å². The summed E-state index contributed by atoms with van der Waals surface area (Å²) in [6.45, 7) is 4.70. The quantitative estimate of drug-likeness (QED) is 0.843. The van der Waals surface area contributed by atoms with Crippen molar-refractivity contribution in [3.63, 3.8) is 0 Å². The number of benzene rings is 1. The van der Waals surface area contributed by atoms with E-state index in [2.05, 4.69) is 5.32 Å². The number of hydrogen-bond donors (Lipinski definition) is 2. The average molecular weight is 264 g/mol. The molecule has 1 heterocycles. The fourth-order valence-corrected chi connectivity index (χ4v) is 1.87. The van der Waals surface area contributed by atoms with Gasteiger partial charge in [0.1, 0.15) is 0 Å². The number of carbonyl (C=O) groups excluding carboxylic acids is 1. The molecular weight excluding hydrogens is 244 g/mol. The fourth-order valence-electron chi connectivity index (χ4n) is 1.87. The molecule has 104 valence electrons. The van der Waals surface area contributed by atoms with Crippen LogP contribution in [0, 0.1) is 5.92 Å². The van der Waals surface area contributed by atoms with Gasteiger partial charge in [0.25, 0.3) is 0 Å². The first-order chi connectivity index (χ1) is 9.11. The van der Waals surface area contributed by atoms with E-state index in [9.17, 15) is 4.79 Å². The van der Waals surface area contributed by atoms with Crippen molar-refractivity contribution in [1.29, 1.82) is 0 Å². The van der Waals surface area contributed by atoms with Gasteiger partial charge in [0.15, 0.2) is 11.5 Å². The number of fused-ring (bicyclic) bond motifs is 1. The first-order valence-electron chi connectivity index (χ1n) is 6.53. The second kappa shape index (κ2) is 5.93. The molecule has 2 atom stereocenters. The molecule has 0 saturated heterocycles. The minimum Gasteiger partial charge on any atom is -0.454 e. The lowest BCUT2D eigenvalue weighted by Crippen LogP contribution is -2.44. The predicted molar refractivity (Wildman–Crippen MR) is 71.8 cm³/mol. The Kier molecular flexibility index (Phi) is 4.27. The van der Waals surface area contributed by atoms with Crippen molar-refractivity contribution in [2.75, 3.05) is 6.79 Å². The second-order valence-corrected chi connectivity index (χ2v) is 4.82. The first kappa shape index (κ1) is 13.7. The molecular formula is C14H20N2O3. The van der Waals surface area contributed by atoms with Crippen LogP contribution in [-0.4, -0.2) is 18.7 Å². The zero-order chi connectivity index (χ0) is 13.8. The van der Waals surface area contributed by atoms with E-state index < -0.39 is 6.04 Å². The van der Waals surface area contributed by atoms with Gasteiger partial charge in [0.2, 0.25) is 12.7 Å². The van der Waals surface area contributed by atoms with Crippen LogP contribution in [-0.2, 0) is 11.3 Å². The number of carbonyl (C=O) groups is 1. The average Bonchev–Trinajstić information content (AvgIpc) is 2.90. The Labute approximate surface area is 113 Å². The third kappa shape index (κ3) is 3.17. The third-order valence-electron chi connectivity index (χ3n) is 3.46. The van der Waals surface area contributed by atoms with Crippen LogP contribution < -0.4 is 20.5 Å². The maximum absolute atomic E-state index is 11.9. The molecule has 0 radical (unpaired) electrons. The van der Waals surface area contributed by atoms with Crippen LogP contribution in [0.15, 0.2) is 18.2 Å². The molecule has 0 unspecified atom stereocenters. The molecule has 19 heavy (non-hydrogen) atoms. The topological polar surface area (TPSA) is 73.6 Å². The number of nitrogens with two attached hydrogens (primary N) is 1. The normalized spacial score (nSPS) is 15.9. The zero-order valence-electron chi connectivity index (χ0n) is 11.3. The highest BCUT2D eigenvalue weighted by Gasteiger charge is 2.19. The standard InChI is InChI=1S/C14H20N2O3/c1-3-9(2)13(15)14(17)16-7-10-4-5-11-12(6-10)19-8-18-11/h4-6,9,13H,3,7-8,15H2,1-2H3,(H,16,17)/t9-,13-/m0/s1. The summed E-state index contributed by atoms with van der Waals surface area (Å²) in [6.07, 6.45) is 0.888. The molecule has 5 heteroatoms. The fraction of sp³-hybridized carbons (Fsp3) is 0.500. The summed E-state index contributed by atoms with van der Waals surface area (Å²) in [5.41, 5.74) is 6.84. The lowest BCUT2D eigenvalue weighted by Gasteiger charge is -2.17. The maximum atomic E-state index is 11.9. The van der Waals surface area contributed by atoms with Gasteiger partial charge in [-0.15, -0.1) is 0 Å². The highest BCUT2D eigenvalue weighted by atomic mass is 16.7. The molecule has 3 N–H and O–H groups in total. The predicted octanol–water partition coefficient (Wildman–Crippen LogP) is 1.40. The van der Waals surface area contributed by atoms with Crippen molar-refractivity contribution in [1.82, 2.24) is 5.32 Å². The monoisotopic (exact) mass is 264 g/mol. The van der Waals surface area contributed by atoms with E-state index >= 15 is 0 Å². The van der Waals surface area contributed by atoms with Crippen molar-refractivity contribution in [3.05, 3.63) is 23.8 Å². The Morgan fingerprint density at radius 1 is 1.42 bits per heavy atom. The number of rotatable bonds is 5. The lowest BCUT2D eigenvalue weighted by molar-refractivity contribution is -0.123. The minimum atomic E-state index is -0.459. The van der Waals surface area contributed by atoms with E-state index in [1.807, 2.05) is 32.0 Å². The molecule has 2 rings (SSSR count). The van der Waals surface area contributed by atoms with Crippen LogP contribution in [0.1, 0.15) is 25.8 Å². The minimum absolute atomic E-state index is 0.119. The molecule has 1 aliphatic heterocycles. The van der Waals surface area contributed by atoms with Gasteiger partial charge in [-0.25, -0.2) is 0 Å². The largest absolute Gasteiger partial charge is 0.454 e. The van der Waals surface area contributed by atoms with Gasteiger partial charge in [-0.3, -0.25) is 4.79 Å². The van der Waals surface area contributed by atoms with Crippen LogP contribution in [0.4, 0.5) is 0 Å². The van der Waals surface area contributed by atoms with E-state index in [-0.39, 0.29) is 18.6 Å². The molecule has 1 amide bonds. The van der Waals surface area contributed by atoms with E-state index in [4.69, 9.17) is 15.2 Å². The van der Waals surface area contributed by atoms with E-state index in [0.717, 1.165) is 23.5 Å². The van der Waals surface area contributed by atoms with Gasteiger partial charge in [-0.2, -0.15) is 0 Å². The summed E-state index contributed by atoms with van der Waals surface area (Å²) in [7, 11) is 0. The van der Waals surface area contributed by atoms with Gasteiger partial charge >= 0.3 is 0 Å². The van der Waals surface area contributed by atoms with Crippen LogP contribution in [0.3, 0.4) is 0 Å². The Morgan fingerprint density at radius 2 is 2.16 bits per heavy atom. The molecule has 1 aromatic carbocycles. The number of amides is 1. The van der Waals surface area contributed by atoms with Gasteiger partial charge in [-0.1, -0.05) is 26.3 Å². The van der Waals surface area contributed by atoms with Crippen molar-refractivity contribution in [3.8, 4) is 11.5 Å². The number of hydrogen-bond acceptors (Lipinski definition) is 4. The second-order valence-electron chi connectivity index (χ2n) is 4.82. The highest BCUT2D eigenvalue weighted by molar-refractivity contribution is 5.81. The SMILES string of the molecule is CC[C@H](C)[C@H](N)C(=O)NCc1ccc2c(c1)OCO2. The molecule has 0 aromatic heterocycles. The van der Waals surface area contributed by atoms with E-state index in [0.29, 0.717) is 6.54 Å². The number of ether oxygens (including phenoxy) is 2. The Hall–Kier alpha value is -1.75. The molecule has 0 aliphatic carbocycles. The Balaban J connectivity index is 1.90. The summed E-state index contributed by atoms with van der Waals surface area (Å²) >= 11 is 0. The molecule has 0 saturated carbocycles. The molecule has 0 bridgehead atoms. The Morgan fingerprint density at radius 3 is 2.89 bits per heavy atom. The van der Waals surface area contributed by atoms with Gasteiger partial charge in [-0.05, 0) is 23.6 Å². The molecule has 0 fully saturated rings. The summed E-state index contributed by atoms with van der Waals surface area (Å²) in [5.74, 6) is 1.52. The van der Waals surface area contributed by atoms with Gasteiger partial charge in [0, 0.05) is 6.54 Å². The maximum Gasteiger partial charge on any atom is 0.237 e. The number of nitrogens with one attached hydrogen (secondary N) is 1. The zero-order valence-corrected chi connectivity index (χ0v) is 11.3. The highest BCUT2D eigenvalue weighted by Crippen LogP contribution is 2.32. The molecule has 1 aromatic rings. The Bertz CT molecular complexity index is 462. The van der Waals surface area contributed by atoms with E-state index in [1.54, 1.807) is 0 Å². The summed E-state index contributed by atoms with van der Waals surface area (Å²) in [6, 6.07) is 5.16. The lowest BCUT2D eigenvalue weighted by atomic mass is 9.99. The van der Waals surface area contributed by atoms with Crippen LogP contribution in [0.5, 0.6) is 11.5 Å². The third-order valence-corrected chi connectivity index (χ3v) is 3.46. The summed E-state index contributed by atoms with van der Waals surface area (Å²) in [5, 5.41) is 2.84. The van der Waals surface area contributed by atoms with Crippen LogP contribution in [0.25, 0.3) is 0 Å². The first-order valence-corrected chi connectivity index (χ1v) is 6.53. The summed E-state index contributed by atoms with van der Waals surface area (Å²) in [4.78, 5) is 11.9. The smallest absolute Gasteiger partial charge is 0.237 e. The van der Waals surface area contributed by atoms with Crippen LogP contribution in [0.2, 0.25) is 0 Å². The van der Waals surface area contributed by atoms with Crippen LogP contribution >= 0.6 is 0 Å².